The summed E-state index contributed by atoms with van der Waals surface area (Å²) >= 11 is 0. The van der Waals surface area contributed by atoms with Gasteiger partial charge in [0, 0.05) is 23.3 Å². The van der Waals surface area contributed by atoms with Gasteiger partial charge < -0.3 is 9.32 Å². The molecule has 45 heavy (non-hydrogen) atoms. The van der Waals surface area contributed by atoms with Crippen LogP contribution in [0.1, 0.15) is 18.4 Å². The fourth-order valence-electron chi connectivity index (χ4n) is 5.40. The van der Waals surface area contributed by atoms with Crippen molar-refractivity contribution in [2.45, 2.75) is 6.92 Å². The maximum absolute atomic E-state index is 12.6. The molecule has 2 heterocycles. The zero-order valence-electron chi connectivity index (χ0n) is 24.7. The predicted molar refractivity (Wildman–Crippen MR) is 182 cm³/mol. The minimum Gasteiger partial charge on any atom is -0.434 e. The van der Waals surface area contributed by atoms with Gasteiger partial charge in [-0.3, -0.25) is 4.79 Å². The lowest BCUT2D eigenvalue weighted by Gasteiger charge is -2.26. The number of hydrogen-bond acceptors (Lipinski definition) is 5. The van der Waals surface area contributed by atoms with Crippen molar-refractivity contribution in [1.82, 2.24) is 9.97 Å². The van der Waals surface area contributed by atoms with Crippen LogP contribution >= 0.6 is 0 Å². The molecule has 0 fully saturated rings. The highest BCUT2D eigenvalue weighted by molar-refractivity contribution is 6.23. The van der Waals surface area contributed by atoms with Crippen LogP contribution in [0.15, 0.2) is 156 Å². The molecule has 0 atom stereocenters. The summed E-state index contributed by atoms with van der Waals surface area (Å²) in [4.78, 5) is 23.5. The van der Waals surface area contributed by atoms with Crippen molar-refractivity contribution in [1.29, 1.82) is 0 Å². The second-order valence-electron chi connectivity index (χ2n) is 10.7. The van der Waals surface area contributed by atoms with E-state index < -0.39 is 0 Å². The molecule has 2 aromatic heterocycles. The van der Waals surface area contributed by atoms with E-state index in [-0.39, 0.29) is 11.7 Å². The first-order valence-electron chi connectivity index (χ1n) is 14.8. The van der Waals surface area contributed by atoms with Gasteiger partial charge in [-0.1, -0.05) is 97.1 Å². The number of carbonyl (C=O) groups excluding carboxylic acids is 1. The molecular formula is C40H29N3O2. The smallest absolute Gasteiger partial charge is 0.232 e. The highest BCUT2D eigenvalue weighted by Gasteiger charge is 2.17. The molecule has 0 radical (unpaired) electrons. The summed E-state index contributed by atoms with van der Waals surface area (Å²) in [5, 5.41) is 0. The van der Waals surface area contributed by atoms with Crippen LogP contribution in [-0.2, 0) is 4.79 Å². The fraction of sp³-hybridized carbons (Fsp3) is 0.0250. The van der Waals surface area contributed by atoms with Crippen LogP contribution in [0.5, 0.6) is 0 Å². The number of nitrogens with zero attached hydrogens (tertiary/aromatic N) is 3. The third-order valence-electron chi connectivity index (χ3n) is 7.70. The van der Waals surface area contributed by atoms with Gasteiger partial charge in [-0.05, 0) is 89.3 Å². The first kappa shape index (κ1) is 27.7. The van der Waals surface area contributed by atoms with Crippen LogP contribution in [0.2, 0.25) is 0 Å². The first-order chi connectivity index (χ1) is 22.1. The van der Waals surface area contributed by atoms with Crippen molar-refractivity contribution in [2.75, 3.05) is 4.90 Å². The van der Waals surface area contributed by atoms with E-state index in [0.717, 1.165) is 33.8 Å². The standard InChI is InChI=1S/C40H29N3O2/c1-28(44)37(40-42-39-38(45-40)13-8-26-41-39)27-29-14-20-34(21-15-29)43(35-22-16-32(17-23-35)30-9-4-2-5-10-30)36-24-18-33(19-25-36)31-11-6-3-7-12-31/h2-27H,1H3/b37-27-. The highest BCUT2D eigenvalue weighted by Crippen LogP contribution is 2.37. The fourth-order valence-corrected chi connectivity index (χ4v) is 5.40. The molecule has 7 aromatic rings. The molecule has 5 nitrogen and oxygen atoms in total. The van der Waals surface area contributed by atoms with Gasteiger partial charge in [-0.25, -0.2) is 4.98 Å². The minimum absolute atomic E-state index is 0.135. The van der Waals surface area contributed by atoms with Crippen LogP contribution < -0.4 is 4.90 Å². The van der Waals surface area contributed by atoms with Gasteiger partial charge in [0.15, 0.2) is 17.0 Å². The van der Waals surface area contributed by atoms with Gasteiger partial charge in [-0.15, -0.1) is 0 Å². The van der Waals surface area contributed by atoms with Gasteiger partial charge in [0.05, 0.1) is 5.57 Å². The number of allylic oxidation sites excluding steroid dienone is 1. The number of aromatic nitrogens is 2. The zero-order chi connectivity index (χ0) is 30.6. The summed E-state index contributed by atoms with van der Waals surface area (Å²) < 4.78 is 5.85. The van der Waals surface area contributed by atoms with Crippen molar-refractivity contribution in [3.8, 4) is 22.3 Å². The molecule has 0 aliphatic carbocycles. The Morgan fingerprint density at radius 2 is 1.09 bits per heavy atom. The number of Topliss-reactive ketones (excluding diaryl/α,β-unsaturated/α-hetero) is 1. The van der Waals surface area contributed by atoms with E-state index >= 15 is 0 Å². The van der Waals surface area contributed by atoms with E-state index in [9.17, 15) is 4.79 Å². The molecule has 7 rings (SSSR count). The topological polar surface area (TPSA) is 59.2 Å². The van der Waals surface area contributed by atoms with E-state index in [4.69, 9.17) is 4.42 Å². The molecule has 0 amide bonds. The van der Waals surface area contributed by atoms with Crippen LogP contribution in [0.3, 0.4) is 0 Å². The summed E-state index contributed by atoms with van der Waals surface area (Å²) in [6.45, 7) is 1.52. The molecule has 0 saturated carbocycles. The Labute approximate surface area is 261 Å². The molecule has 5 heteroatoms. The minimum atomic E-state index is -0.135. The molecule has 0 N–H and O–H groups in total. The van der Waals surface area contributed by atoms with Crippen LogP contribution in [0.4, 0.5) is 17.1 Å². The van der Waals surface area contributed by atoms with E-state index in [0.29, 0.717) is 16.8 Å². The molecule has 0 aliphatic rings. The Kier molecular flexibility index (Phi) is 7.57. The molecule has 0 saturated heterocycles. The van der Waals surface area contributed by atoms with E-state index in [1.165, 1.54) is 18.1 Å². The Morgan fingerprint density at radius 3 is 1.58 bits per heavy atom. The molecule has 216 valence electrons. The quantitative estimate of drug-likeness (QED) is 0.167. The number of oxazole rings is 1. The van der Waals surface area contributed by atoms with E-state index in [1.807, 2.05) is 30.3 Å². The van der Waals surface area contributed by atoms with Gasteiger partial charge in [0.1, 0.15) is 0 Å². The molecule has 5 aromatic carbocycles. The summed E-state index contributed by atoms with van der Waals surface area (Å²) in [6, 6.07) is 49.7. The summed E-state index contributed by atoms with van der Waals surface area (Å²) in [7, 11) is 0. The van der Waals surface area contributed by atoms with Gasteiger partial charge in [0.25, 0.3) is 0 Å². The number of ketones is 1. The third kappa shape index (κ3) is 5.92. The second kappa shape index (κ2) is 12.3. The van der Waals surface area contributed by atoms with Crippen molar-refractivity contribution in [3.63, 3.8) is 0 Å². The lowest BCUT2D eigenvalue weighted by Crippen LogP contribution is -2.09. The van der Waals surface area contributed by atoms with E-state index in [1.54, 1.807) is 18.3 Å². The number of fused-ring (bicyclic) bond motifs is 1. The first-order valence-corrected chi connectivity index (χ1v) is 14.8. The molecule has 0 spiro atoms. The Bertz CT molecular complexity index is 1980. The van der Waals surface area contributed by atoms with E-state index in [2.05, 4.69) is 124 Å². The average Bonchev–Trinajstić information content (AvgIpc) is 3.53. The van der Waals surface area contributed by atoms with Crippen molar-refractivity contribution >= 4 is 45.7 Å². The van der Waals surface area contributed by atoms with Gasteiger partial charge in [0.2, 0.25) is 5.89 Å². The Morgan fingerprint density at radius 1 is 0.600 bits per heavy atom. The SMILES string of the molecule is CC(=O)/C(=C/c1ccc(N(c2ccc(-c3ccccc3)cc2)c2ccc(-c3ccccc3)cc2)cc1)c1nc2ncccc2o1. The molecule has 0 unspecified atom stereocenters. The number of carbonyl (C=O) groups is 1. The lowest BCUT2D eigenvalue weighted by molar-refractivity contribution is -0.111. The normalized spacial score (nSPS) is 11.4. The molecule has 0 bridgehead atoms. The maximum Gasteiger partial charge on any atom is 0.232 e. The monoisotopic (exact) mass is 583 g/mol. The number of pyridine rings is 1. The zero-order valence-corrected chi connectivity index (χ0v) is 24.7. The largest absolute Gasteiger partial charge is 0.434 e. The van der Waals surface area contributed by atoms with Gasteiger partial charge in [-0.2, -0.15) is 4.98 Å². The lowest BCUT2D eigenvalue weighted by atomic mass is 10.0. The second-order valence-corrected chi connectivity index (χ2v) is 10.7. The van der Waals surface area contributed by atoms with Crippen LogP contribution in [0, 0.1) is 0 Å². The number of hydrogen-bond donors (Lipinski definition) is 0. The number of benzene rings is 5. The summed E-state index contributed by atoms with van der Waals surface area (Å²) in [5.41, 5.74) is 10.00. The Hall–Kier alpha value is -6.07. The van der Waals surface area contributed by atoms with Crippen LogP contribution in [0.25, 0.3) is 45.1 Å². The number of rotatable bonds is 8. The molecule has 0 aliphatic heterocycles. The molecular weight excluding hydrogens is 554 g/mol. The number of anilines is 3. The Balaban J connectivity index is 1.25. The maximum atomic E-state index is 12.6. The van der Waals surface area contributed by atoms with Gasteiger partial charge >= 0.3 is 0 Å². The van der Waals surface area contributed by atoms with Crippen LogP contribution in [-0.4, -0.2) is 15.8 Å². The predicted octanol–water partition coefficient (Wildman–Crippen LogP) is 10.2. The average molecular weight is 584 g/mol. The van der Waals surface area contributed by atoms with Crippen molar-refractivity contribution < 1.29 is 9.21 Å². The third-order valence-corrected chi connectivity index (χ3v) is 7.70. The van der Waals surface area contributed by atoms with Crippen molar-refractivity contribution in [2.24, 2.45) is 0 Å². The summed E-state index contributed by atoms with van der Waals surface area (Å²) in [6.07, 6.45) is 3.46. The van der Waals surface area contributed by atoms with Crippen molar-refractivity contribution in [3.05, 3.63) is 163 Å². The highest BCUT2D eigenvalue weighted by atomic mass is 16.3. The summed E-state index contributed by atoms with van der Waals surface area (Å²) in [5.74, 6) is 0.128.